The van der Waals surface area contributed by atoms with E-state index in [2.05, 4.69) is 0 Å². The lowest BCUT2D eigenvalue weighted by Gasteiger charge is -2.36. The molecule has 0 aliphatic carbocycles. The Morgan fingerprint density at radius 2 is 1.67 bits per heavy atom. The predicted octanol–water partition coefficient (Wildman–Crippen LogP) is 5.25. The van der Waals surface area contributed by atoms with Crippen LogP contribution in [0.5, 0.6) is 5.75 Å². The summed E-state index contributed by atoms with van der Waals surface area (Å²) in [5.41, 5.74) is 4.56. The van der Waals surface area contributed by atoms with Crippen LogP contribution in [0.3, 0.4) is 0 Å². The molecule has 3 amide bonds. The van der Waals surface area contributed by atoms with Crippen LogP contribution in [0.1, 0.15) is 42.0 Å². The highest BCUT2D eigenvalue weighted by atomic mass is 16.5. The molecule has 4 heterocycles. The van der Waals surface area contributed by atoms with Crippen molar-refractivity contribution in [3.8, 4) is 5.75 Å². The Hall–Kier alpha value is -4.99. The van der Waals surface area contributed by atoms with Gasteiger partial charge in [0, 0.05) is 23.7 Å². The van der Waals surface area contributed by atoms with Gasteiger partial charge in [0.2, 0.25) is 5.91 Å². The maximum absolute atomic E-state index is 14.7. The number of aliphatic hydroxyl groups excluding tert-OH is 1. The summed E-state index contributed by atoms with van der Waals surface area (Å²) in [5.74, 6) is -0.122. The highest BCUT2D eigenvalue weighted by molar-refractivity contribution is 6.09. The molecule has 1 N–H and O–H groups in total. The van der Waals surface area contributed by atoms with Gasteiger partial charge in [0.1, 0.15) is 5.75 Å². The summed E-state index contributed by atoms with van der Waals surface area (Å²) in [5, 5.41) is 10.2. The second-order valence-corrected chi connectivity index (χ2v) is 13.2. The number of carbonyl (C=O) groups excluding carboxylic acids is 3. The minimum Gasteiger partial charge on any atom is -0.482 e. The zero-order valence-corrected chi connectivity index (χ0v) is 26.7. The molecule has 1 spiro atoms. The Labute approximate surface area is 279 Å². The van der Waals surface area contributed by atoms with Crippen molar-refractivity contribution in [2.75, 3.05) is 23.0 Å². The van der Waals surface area contributed by atoms with Gasteiger partial charge in [-0.25, -0.2) is 0 Å². The van der Waals surface area contributed by atoms with E-state index in [0.717, 1.165) is 22.4 Å². The number of para-hydroxylation sites is 2. The van der Waals surface area contributed by atoms with Gasteiger partial charge in [-0.05, 0) is 59.9 Å². The van der Waals surface area contributed by atoms with Crippen molar-refractivity contribution in [1.82, 2.24) is 4.90 Å². The van der Waals surface area contributed by atoms with E-state index in [1.165, 1.54) is 0 Å². The van der Waals surface area contributed by atoms with Crippen LogP contribution in [-0.4, -0.2) is 53.1 Å². The predicted molar refractivity (Wildman–Crippen MR) is 180 cm³/mol. The molecule has 9 heteroatoms. The molecule has 244 valence electrons. The summed E-state index contributed by atoms with van der Waals surface area (Å²) in [6.45, 7) is 2.58. The van der Waals surface area contributed by atoms with Crippen LogP contribution >= 0.6 is 0 Å². The Kier molecular flexibility index (Phi) is 7.53. The second-order valence-electron chi connectivity index (χ2n) is 13.2. The minimum absolute atomic E-state index is 0.0921. The fourth-order valence-corrected chi connectivity index (χ4v) is 7.99. The molecule has 4 aliphatic heterocycles. The summed E-state index contributed by atoms with van der Waals surface area (Å²) in [6, 6.07) is 30.6. The summed E-state index contributed by atoms with van der Waals surface area (Å²) >= 11 is 0. The van der Waals surface area contributed by atoms with Crippen LogP contribution in [0.15, 0.2) is 97.1 Å². The second kappa shape index (κ2) is 11.9. The molecule has 0 unspecified atom stereocenters. The van der Waals surface area contributed by atoms with Crippen LogP contribution in [-0.2, 0) is 44.2 Å². The van der Waals surface area contributed by atoms with E-state index in [4.69, 9.17) is 9.47 Å². The SMILES string of the molecule is C[C@@H]1C[C@H](CC(=O)N2Cc3ccccc3C[C@H]2CO)O[C@@]12C(=O)N(Cc1ccccc1)c1ccc(N3C(=O)COc4ccccc43)cc12. The highest BCUT2D eigenvalue weighted by Gasteiger charge is 2.60. The van der Waals surface area contributed by atoms with Crippen LogP contribution in [0.4, 0.5) is 17.1 Å². The van der Waals surface area contributed by atoms with Crippen molar-refractivity contribution in [3.05, 3.63) is 119 Å². The molecule has 8 rings (SSSR count). The van der Waals surface area contributed by atoms with Gasteiger partial charge in [0.15, 0.2) is 12.2 Å². The number of anilines is 3. The molecule has 0 aromatic heterocycles. The van der Waals surface area contributed by atoms with Crippen molar-refractivity contribution < 1.29 is 29.0 Å². The highest BCUT2D eigenvalue weighted by Crippen LogP contribution is 2.55. The maximum atomic E-state index is 14.7. The Balaban J connectivity index is 1.14. The zero-order chi connectivity index (χ0) is 33.0. The van der Waals surface area contributed by atoms with Crippen molar-refractivity contribution in [2.24, 2.45) is 5.92 Å². The van der Waals surface area contributed by atoms with Gasteiger partial charge in [0.25, 0.3) is 11.8 Å². The molecular formula is C39H37N3O6. The number of rotatable bonds is 6. The summed E-state index contributed by atoms with van der Waals surface area (Å²) in [6.07, 6.45) is 0.693. The van der Waals surface area contributed by atoms with Gasteiger partial charge < -0.3 is 24.4 Å². The van der Waals surface area contributed by atoms with E-state index in [1.807, 2.05) is 104 Å². The quantitative estimate of drug-likeness (QED) is 0.308. The number of hydrogen-bond acceptors (Lipinski definition) is 6. The number of nitrogens with zero attached hydrogens (tertiary/aromatic N) is 3. The van der Waals surface area contributed by atoms with Gasteiger partial charge in [-0.1, -0.05) is 73.7 Å². The van der Waals surface area contributed by atoms with Crippen LogP contribution in [0.2, 0.25) is 0 Å². The first kappa shape index (κ1) is 30.4. The van der Waals surface area contributed by atoms with E-state index < -0.39 is 11.7 Å². The zero-order valence-electron chi connectivity index (χ0n) is 26.7. The van der Waals surface area contributed by atoms with E-state index in [1.54, 1.807) is 14.7 Å². The lowest BCUT2D eigenvalue weighted by atomic mass is 9.82. The van der Waals surface area contributed by atoms with Crippen molar-refractivity contribution in [1.29, 1.82) is 0 Å². The van der Waals surface area contributed by atoms with Crippen LogP contribution in [0, 0.1) is 5.92 Å². The smallest absolute Gasteiger partial charge is 0.269 e. The molecule has 4 aromatic rings. The Morgan fingerprint density at radius 1 is 0.917 bits per heavy atom. The third-order valence-electron chi connectivity index (χ3n) is 10.3. The molecule has 1 fully saturated rings. The molecule has 0 saturated carbocycles. The number of aliphatic hydroxyl groups is 1. The molecule has 9 nitrogen and oxygen atoms in total. The minimum atomic E-state index is -1.33. The first-order chi connectivity index (χ1) is 23.4. The molecule has 48 heavy (non-hydrogen) atoms. The number of benzene rings is 4. The van der Waals surface area contributed by atoms with Gasteiger partial charge >= 0.3 is 0 Å². The van der Waals surface area contributed by atoms with Gasteiger partial charge in [0.05, 0.1) is 43.1 Å². The molecule has 4 aliphatic rings. The molecule has 0 radical (unpaired) electrons. The number of carbonyl (C=O) groups is 3. The molecular weight excluding hydrogens is 606 g/mol. The monoisotopic (exact) mass is 643 g/mol. The molecule has 0 bridgehead atoms. The Bertz CT molecular complexity index is 1910. The fourth-order valence-electron chi connectivity index (χ4n) is 7.99. The molecule has 1 saturated heterocycles. The van der Waals surface area contributed by atoms with E-state index in [9.17, 15) is 19.5 Å². The normalized spacial score (nSPS) is 24.4. The van der Waals surface area contributed by atoms with Gasteiger partial charge in [-0.15, -0.1) is 0 Å². The topological polar surface area (TPSA) is 99.6 Å². The summed E-state index contributed by atoms with van der Waals surface area (Å²) < 4.78 is 12.5. The Morgan fingerprint density at radius 3 is 2.48 bits per heavy atom. The fraction of sp³-hybridized carbons (Fsp3) is 0.308. The van der Waals surface area contributed by atoms with Crippen molar-refractivity contribution in [2.45, 2.75) is 57.0 Å². The maximum Gasteiger partial charge on any atom is 0.269 e. The first-order valence-corrected chi connectivity index (χ1v) is 16.6. The third kappa shape index (κ3) is 4.88. The van der Waals surface area contributed by atoms with Crippen molar-refractivity contribution in [3.63, 3.8) is 0 Å². The van der Waals surface area contributed by atoms with E-state index in [0.29, 0.717) is 48.6 Å². The summed E-state index contributed by atoms with van der Waals surface area (Å²) in [7, 11) is 0. The number of amides is 3. The lowest BCUT2D eigenvalue weighted by Crippen LogP contribution is -2.47. The van der Waals surface area contributed by atoms with Gasteiger partial charge in [-0.3, -0.25) is 19.3 Å². The van der Waals surface area contributed by atoms with E-state index in [-0.39, 0.29) is 49.3 Å². The van der Waals surface area contributed by atoms with Crippen LogP contribution < -0.4 is 14.5 Å². The largest absolute Gasteiger partial charge is 0.482 e. The number of hydrogen-bond donors (Lipinski definition) is 1. The lowest BCUT2D eigenvalue weighted by molar-refractivity contribution is -0.151. The number of ether oxygens (including phenoxy) is 2. The van der Waals surface area contributed by atoms with Crippen LogP contribution in [0.25, 0.3) is 0 Å². The molecule has 4 atom stereocenters. The number of fused-ring (bicyclic) bond motifs is 4. The average Bonchev–Trinajstić information content (AvgIpc) is 3.56. The third-order valence-corrected chi connectivity index (χ3v) is 10.3. The van der Waals surface area contributed by atoms with Gasteiger partial charge in [-0.2, -0.15) is 0 Å². The first-order valence-electron chi connectivity index (χ1n) is 16.6. The summed E-state index contributed by atoms with van der Waals surface area (Å²) in [4.78, 5) is 47.0. The molecule has 4 aromatic carbocycles. The van der Waals surface area contributed by atoms with E-state index >= 15 is 0 Å². The van der Waals surface area contributed by atoms with Crippen molar-refractivity contribution >= 4 is 34.8 Å². The average molecular weight is 644 g/mol. The standard InChI is InChI=1S/C39H37N3O6/c1-25-17-31(20-36(44)40-22-28-12-6-5-11-27(28)18-30(40)23-43)48-39(25)32-19-29(42-34-13-7-8-14-35(34)47-24-37(42)45)15-16-33(32)41(38(39)46)21-26-9-3-2-4-10-26/h2-16,19,25,30-31,43H,17-18,20-24H2,1H3/t25-,30+,31-,39+/m1/s1.